The number of esters is 1. The molecule has 44 heavy (non-hydrogen) atoms. The summed E-state index contributed by atoms with van der Waals surface area (Å²) in [5, 5.41) is 7.18. The van der Waals surface area contributed by atoms with Gasteiger partial charge < -0.3 is 15.4 Å². The van der Waals surface area contributed by atoms with Crippen LogP contribution >= 0.6 is 0 Å². The fraction of sp³-hybridized carbons (Fsp3) is 0.513. The first-order chi connectivity index (χ1) is 20.3. The third-order valence-electron chi connectivity index (χ3n) is 8.75. The van der Waals surface area contributed by atoms with Gasteiger partial charge in [-0.05, 0) is 76.1 Å². The van der Waals surface area contributed by atoms with Gasteiger partial charge in [0.25, 0.3) is 0 Å². The zero-order valence-electron chi connectivity index (χ0n) is 29.2. The molecular weight excluding hydrogens is 547 g/mol. The molecule has 0 aliphatic rings. The first kappa shape index (κ1) is 35.3. The Morgan fingerprint density at radius 3 is 2.02 bits per heavy atom. The van der Waals surface area contributed by atoms with Gasteiger partial charge in [-0.1, -0.05) is 113 Å². The second kappa shape index (κ2) is 13.4. The highest BCUT2D eigenvalue weighted by atomic mass is 19.1. The molecule has 1 unspecified atom stereocenters. The quantitative estimate of drug-likeness (QED) is 0.169. The number of nitrogens with one attached hydrogen (secondary N) is 2. The minimum absolute atomic E-state index is 0.0555. The molecule has 0 fully saturated rings. The van der Waals surface area contributed by atoms with Crippen LogP contribution in [-0.4, -0.2) is 18.1 Å². The molecule has 0 aliphatic carbocycles. The molecule has 2 N–H and O–H groups in total. The lowest BCUT2D eigenvalue weighted by atomic mass is 9.80. The molecule has 0 radical (unpaired) electrons. The van der Waals surface area contributed by atoms with Gasteiger partial charge in [0.05, 0.1) is 0 Å². The largest absolute Gasteiger partial charge is 0.425 e. The van der Waals surface area contributed by atoms with E-state index in [0.717, 1.165) is 5.69 Å². The molecule has 5 heteroatoms. The second-order valence-corrected chi connectivity index (χ2v) is 15.4. The van der Waals surface area contributed by atoms with E-state index in [1.807, 2.05) is 34.6 Å². The minimum Gasteiger partial charge on any atom is -0.425 e. The molecule has 3 rings (SSSR count). The topological polar surface area (TPSA) is 50.4 Å². The van der Waals surface area contributed by atoms with Crippen molar-refractivity contribution in [3.63, 3.8) is 0 Å². The van der Waals surface area contributed by atoms with Crippen molar-refractivity contribution in [1.29, 1.82) is 0 Å². The van der Waals surface area contributed by atoms with Crippen molar-refractivity contribution in [2.24, 2.45) is 0 Å². The molecule has 0 aromatic heterocycles. The minimum atomic E-state index is -0.939. The molecule has 0 amide bonds. The van der Waals surface area contributed by atoms with Crippen molar-refractivity contribution in [3.8, 4) is 5.75 Å². The standard InChI is InChI=1S/C39H55FN2O2/c1-13-39(12,35(43)44-29-19-21-32(34(40)23-29)36(4,5)6)42-25-38(10,11)31-17-15-14-16-27(31)24-41-28-18-20-30(26(2)3)33(22-28)37(7,8)9/h14-23,26,41-42H,13,24-25H2,1-12H3. The van der Waals surface area contributed by atoms with Crippen LogP contribution in [0.5, 0.6) is 5.75 Å². The fourth-order valence-corrected chi connectivity index (χ4v) is 5.59. The Morgan fingerprint density at radius 1 is 0.818 bits per heavy atom. The van der Waals surface area contributed by atoms with Gasteiger partial charge in [-0.25, -0.2) is 9.18 Å². The average Bonchev–Trinajstić information content (AvgIpc) is 2.93. The van der Waals surface area contributed by atoms with Gasteiger partial charge in [0, 0.05) is 30.3 Å². The molecule has 1 atom stereocenters. The van der Waals surface area contributed by atoms with Gasteiger partial charge in [0.2, 0.25) is 0 Å². The number of anilines is 1. The smallest absolute Gasteiger partial charge is 0.331 e. The highest BCUT2D eigenvalue weighted by molar-refractivity contribution is 5.82. The molecule has 0 heterocycles. The number of ether oxygens (including phenoxy) is 1. The maximum Gasteiger partial charge on any atom is 0.331 e. The molecule has 0 saturated heterocycles. The van der Waals surface area contributed by atoms with Gasteiger partial charge in [-0.15, -0.1) is 0 Å². The second-order valence-electron chi connectivity index (χ2n) is 15.4. The number of carbonyl (C=O) groups excluding carboxylic acids is 1. The first-order valence-corrected chi connectivity index (χ1v) is 16.0. The number of rotatable bonds is 11. The number of benzene rings is 3. The Kier molecular flexibility index (Phi) is 10.8. The van der Waals surface area contributed by atoms with E-state index in [-0.39, 0.29) is 27.8 Å². The molecule has 3 aromatic carbocycles. The summed E-state index contributed by atoms with van der Waals surface area (Å²) in [5.41, 5.74) is 5.37. The first-order valence-electron chi connectivity index (χ1n) is 16.0. The summed E-state index contributed by atoms with van der Waals surface area (Å²) in [6, 6.07) is 19.9. The molecule has 0 saturated carbocycles. The maximum absolute atomic E-state index is 14.8. The molecule has 3 aromatic rings. The normalized spacial score (nSPS) is 14.0. The number of hydrogen-bond donors (Lipinski definition) is 2. The zero-order chi connectivity index (χ0) is 33.1. The van der Waals surface area contributed by atoms with E-state index in [1.54, 1.807) is 12.1 Å². The maximum atomic E-state index is 14.8. The van der Waals surface area contributed by atoms with E-state index in [1.165, 1.54) is 28.3 Å². The average molecular weight is 603 g/mol. The summed E-state index contributed by atoms with van der Waals surface area (Å²) in [4.78, 5) is 13.4. The lowest BCUT2D eigenvalue weighted by Gasteiger charge is -2.34. The van der Waals surface area contributed by atoms with E-state index in [9.17, 15) is 9.18 Å². The van der Waals surface area contributed by atoms with Crippen LogP contribution in [0.3, 0.4) is 0 Å². The SMILES string of the molecule is CCC(C)(NCC(C)(C)c1ccccc1CNc1ccc(C(C)C)c(C(C)(C)C)c1)C(=O)Oc1ccc(C(C)(C)C)c(F)c1. The molecule has 0 bridgehead atoms. The molecule has 4 nitrogen and oxygen atoms in total. The summed E-state index contributed by atoms with van der Waals surface area (Å²) in [6.45, 7) is 26.6. The number of carbonyl (C=O) groups is 1. The highest BCUT2D eigenvalue weighted by Gasteiger charge is 2.36. The van der Waals surface area contributed by atoms with Crippen LogP contribution in [0.25, 0.3) is 0 Å². The van der Waals surface area contributed by atoms with Crippen molar-refractivity contribution in [1.82, 2.24) is 5.32 Å². The van der Waals surface area contributed by atoms with Crippen LogP contribution in [0.1, 0.15) is 123 Å². The lowest BCUT2D eigenvalue weighted by molar-refractivity contribution is -0.141. The molecule has 0 spiro atoms. The van der Waals surface area contributed by atoms with E-state index < -0.39 is 11.5 Å². The number of hydrogen-bond acceptors (Lipinski definition) is 4. The molecule has 240 valence electrons. The fourth-order valence-electron chi connectivity index (χ4n) is 5.59. The monoisotopic (exact) mass is 602 g/mol. The van der Waals surface area contributed by atoms with Crippen LogP contribution in [-0.2, 0) is 27.6 Å². The predicted molar refractivity (Wildman–Crippen MR) is 183 cm³/mol. The third kappa shape index (κ3) is 8.50. The van der Waals surface area contributed by atoms with Gasteiger partial charge in [0.15, 0.2) is 0 Å². The lowest BCUT2D eigenvalue weighted by Crippen LogP contribution is -2.54. The van der Waals surface area contributed by atoms with Gasteiger partial charge in [0.1, 0.15) is 17.1 Å². The van der Waals surface area contributed by atoms with Crippen molar-refractivity contribution >= 4 is 11.7 Å². The Bertz CT molecular complexity index is 1450. The number of halogens is 1. The summed E-state index contributed by atoms with van der Waals surface area (Å²) in [5.74, 6) is -0.110. The Morgan fingerprint density at radius 2 is 1.45 bits per heavy atom. The molecule has 0 aliphatic heterocycles. The van der Waals surface area contributed by atoms with E-state index >= 15 is 0 Å². The van der Waals surface area contributed by atoms with Crippen LogP contribution in [0.4, 0.5) is 10.1 Å². The van der Waals surface area contributed by atoms with E-state index in [2.05, 4.69) is 102 Å². The van der Waals surface area contributed by atoms with Crippen LogP contribution in [0.2, 0.25) is 0 Å². The van der Waals surface area contributed by atoms with Crippen LogP contribution in [0.15, 0.2) is 60.7 Å². The van der Waals surface area contributed by atoms with Crippen molar-refractivity contribution in [2.45, 2.75) is 124 Å². The highest BCUT2D eigenvalue weighted by Crippen LogP contribution is 2.34. The molecular formula is C39H55FN2O2. The summed E-state index contributed by atoms with van der Waals surface area (Å²) < 4.78 is 20.5. The van der Waals surface area contributed by atoms with Gasteiger partial charge >= 0.3 is 5.97 Å². The summed E-state index contributed by atoms with van der Waals surface area (Å²) >= 11 is 0. The van der Waals surface area contributed by atoms with Crippen LogP contribution < -0.4 is 15.4 Å². The van der Waals surface area contributed by atoms with Crippen LogP contribution in [0, 0.1) is 5.82 Å². The Hall–Kier alpha value is -3.18. The predicted octanol–water partition coefficient (Wildman–Crippen LogP) is 9.80. The summed E-state index contributed by atoms with van der Waals surface area (Å²) in [7, 11) is 0. The van der Waals surface area contributed by atoms with Crippen molar-refractivity contribution in [3.05, 3.63) is 94.3 Å². The third-order valence-corrected chi connectivity index (χ3v) is 8.75. The van der Waals surface area contributed by atoms with Crippen molar-refractivity contribution in [2.75, 3.05) is 11.9 Å². The van der Waals surface area contributed by atoms with E-state index in [0.29, 0.717) is 31.0 Å². The van der Waals surface area contributed by atoms with Crippen molar-refractivity contribution < 1.29 is 13.9 Å². The summed E-state index contributed by atoms with van der Waals surface area (Å²) in [6.07, 6.45) is 0.524. The van der Waals surface area contributed by atoms with Gasteiger partial charge in [-0.3, -0.25) is 0 Å². The Labute approximate surface area is 266 Å². The van der Waals surface area contributed by atoms with Gasteiger partial charge in [-0.2, -0.15) is 0 Å². The van der Waals surface area contributed by atoms with E-state index in [4.69, 9.17) is 4.74 Å². The Balaban J connectivity index is 1.75. The zero-order valence-corrected chi connectivity index (χ0v) is 29.2.